The van der Waals surface area contributed by atoms with E-state index in [0.29, 0.717) is 52.7 Å². The van der Waals surface area contributed by atoms with Crippen molar-refractivity contribution in [2.75, 3.05) is 13.7 Å². The summed E-state index contributed by atoms with van der Waals surface area (Å²) < 4.78 is 19.3. The second kappa shape index (κ2) is 14.2. The first-order valence-electron chi connectivity index (χ1n) is 14.6. The molecule has 0 bridgehead atoms. The highest BCUT2D eigenvalue weighted by molar-refractivity contribution is 7.07. The Morgan fingerprint density at radius 3 is 2.40 bits per heavy atom. The summed E-state index contributed by atoms with van der Waals surface area (Å²) in [5.74, 6) is 0.346. The summed E-state index contributed by atoms with van der Waals surface area (Å²) in [6.07, 6.45) is 1.74. The number of carbonyl (C=O) groups excluding carboxylic acids is 1. The van der Waals surface area contributed by atoms with E-state index in [2.05, 4.69) is 0 Å². The van der Waals surface area contributed by atoms with Gasteiger partial charge in [-0.05, 0) is 48.9 Å². The summed E-state index contributed by atoms with van der Waals surface area (Å²) in [5.41, 5.74) is 3.09. The Labute approximate surface area is 289 Å². The smallest absolute Gasteiger partial charge is 0.338 e. The van der Waals surface area contributed by atoms with E-state index in [4.69, 9.17) is 54.0 Å². The number of esters is 1. The van der Waals surface area contributed by atoms with Crippen molar-refractivity contribution in [3.63, 3.8) is 0 Å². The lowest BCUT2D eigenvalue weighted by Gasteiger charge is -2.26. The van der Waals surface area contributed by atoms with E-state index in [9.17, 15) is 9.59 Å². The summed E-state index contributed by atoms with van der Waals surface area (Å²) >= 11 is 19.9. The Balaban J connectivity index is 1.54. The maximum atomic E-state index is 14.3. The second-order valence-electron chi connectivity index (χ2n) is 10.4. The zero-order valence-corrected chi connectivity index (χ0v) is 28.3. The SMILES string of the molecule is CCOC(=O)C1=C(c2ccccc2)N=c2s/c(=C\c3cccc(OC)c3OCc3ccc(Cl)cc3Cl)c(=O)n2[C@@H]1c1ccc(Cl)cc1. The fourth-order valence-corrected chi connectivity index (χ4v) is 6.87. The first-order valence-corrected chi connectivity index (χ1v) is 16.5. The van der Waals surface area contributed by atoms with Crippen LogP contribution in [-0.2, 0) is 16.1 Å². The number of rotatable bonds is 9. The quantitative estimate of drug-likeness (QED) is 0.149. The molecule has 2 heterocycles. The standard InChI is InChI=1S/C36H27Cl3N2O5S/c1-3-45-35(43)30-31(21-8-5-4-6-9-21)40-36-41(32(30)22-12-15-25(37)16-13-22)34(42)29(47-36)18-23-10-7-11-28(44-2)33(23)46-20-24-14-17-26(38)19-27(24)39/h4-19,32H,3,20H2,1-2H3/b29-18-/t32-/m1/s1. The van der Waals surface area contributed by atoms with Crippen LogP contribution in [0, 0.1) is 0 Å². The molecule has 5 aromatic rings. The van der Waals surface area contributed by atoms with Gasteiger partial charge in [0.2, 0.25) is 0 Å². The van der Waals surface area contributed by atoms with Gasteiger partial charge in [0.1, 0.15) is 6.61 Å². The van der Waals surface area contributed by atoms with E-state index in [0.717, 1.165) is 11.1 Å². The minimum absolute atomic E-state index is 0.137. The first-order chi connectivity index (χ1) is 22.8. The molecule has 7 nitrogen and oxygen atoms in total. The van der Waals surface area contributed by atoms with Gasteiger partial charge in [-0.3, -0.25) is 9.36 Å². The highest BCUT2D eigenvalue weighted by Gasteiger charge is 2.35. The van der Waals surface area contributed by atoms with Crippen LogP contribution in [-0.4, -0.2) is 24.3 Å². The maximum absolute atomic E-state index is 14.3. The lowest BCUT2D eigenvalue weighted by Crippen LogP contribution is -2.40. The van der Waals surface area contributed by atoms with Gasteiger partial charge < -0.3 is 14.2 Å². The molecule has 1 atom stereocenters. The van der Waals surface area contributed by atoms with Gasteiger partial charge in [0.05, 0.1) is 35.6 Å². The number of fused-ring (bicyclic) bond motifs is 1. The molecular formula is C36H27Cl3N2O5S. The van der Waals surface area contributed by atoms with Crippen molar-refractivity contribution in [3.8, 4) is 11.5 Å². The molecule has 0 saturated carbocycles. The Hall–Kier alpha value is -4.34. The number of halogens is 3. The normalized spacial score (nSPS) is 14.4. The van der Waals surface area contributed by atoms with Gasteiger partial charge in [0, 0.05) is 31.8 Å². The molecule has 0 unspecified atom stereocenters. The van der Waals surface area contributed by atoms with E-state index >= 15 is 0 Å². The number of benzene rings is 4. The Morgan fingerprint density at radius 2 is 1.70 bits per heavy atom. The fraction of sp³-hybridized carbons (Fsp3) is 0.139. The van der Waals surface area contributed by atoms with Crippen molar-refractivity contribution < 1.29 is 19.0 Å². The highest BCUT2D eigenvalue weighted by Crippen LogP contribution is 2.36. The number of aromatic nitrogens is 1. The summed E-state index contributed by atoms with van der Waals surface area (Å²) in [4.78, 5) is 33.3. The Morgan fingerprint density at radius 1 is 0.957 bits per heavy atom. The highest BCUT2D eigenvalue weighted by atomic mass is 35.5. The summed E-state index contributed by atoms with van der Waals surface area (Å²) in [7, 11) is 1.54. The fourth-order valence-electron chi connectivity index (χ4n) is 5.29. The molecule has 0 radical (unpaired) electrons. The van der Waals surface area contributed by atoms with E-state index in [1.165, 1.54) is 15.9 Å². The van der Waals surface area contributed by atoms with Gasteiger partial charge in [0.15, 0.2) is 16.3 Å². The molecule has 1 aliphatic heterocycles. The van der Waals surface area contributed by atoms with Crippen molar-refractivity contribution in [2.24, 2.45) is 4.99 Å². The molecule has 0 saturated heterocycles. The monoisotopic (exact) mass is 704 g/mol. The third-order valence-electron chi connectivity index (χ3n) is 7.46. The van der Waals surface area contributed by atoms with Gasteiger partial charge in [-0.15, -0.1) is 0 Å². The van der Waals surface area contributed by atoms with Crippen LogP contribution < -0.4 is 24.4 Å². The van der Waals surface area contributed by atoms with Crippen LogP contribution in [0.5, 0.6) is 11.5 Å². The molecule has 47 heavy (non-hydrogen) atoms. The molecule has 1 aromatic heterocycles. The molecule has 0 fully saturated rings. The number of hydrogen-bond donors (Lipinski definition) is 0. The average Bonchev–Trinajstić information content (AvgIpc) is 3.38. The van der Waals surface area contributed by atoms with E-state index in [1.54, 1.807) is 68.6 Å². The molecular weight excluding hydrogens is 679 g/mol. The molecule has 238 valence electrons. The van der Waals surface area contributed by atoms with E-state index < -0.39 is 12.0 Å². The minimum Gasteiger partial charge on any atom is -0.493 e. The van der Waals surface area contributed by atoms with Crippen molar-refractivity contribution >= 4 is 63.9 Å². The van der Waals surface area contributed by atoms with Crippen LogP contribution >= 0.6 is 46.1 Å². The predicted molar refractivity (Wildman–Crippen MR) is 186 cm³/mol. The summed E-state index contributed by atoms with van der Waals surface area (Å²) in [6.45, 7) is 2.03. The lowest BCUT2D eigenvalue weighted by molar-refractivity contribution is -0.138. The number of nitrogens with zero attached hydrogens (tertiary/aromatic N) is 2. The Bertz CT molecular complexity index is 2180. The number of hydrogen-bond acceptors (Lipinski definition) is 7. The van der Waals surface area contributed by atoms with Gasteiger partial charge in [-0.2, -0.15) is 0 Å². The van der Waals surface area contributed by atoms with E-state index in [-0.39, 0.29) is 24.3 Å². The molecule has 1 aliphatic rings. The molecule has 11 heteroatoms. The number of ether oxygens (including phenoxy) is 3. The van der Waals surface area contributed by atoms with Crippen LogP contribution in [0.4, 0.5) is 0 Å². The number of methoxy groups -OCH3 is 1. The molecule has 6 rings (SSSR count). The van der Waals surface area contributed by atoms with Gasteiger partial charge in [-0.1, -0.05) is 107 Å². The maximum Gasteiger partial charge on any atom is 0.338 e. The molecule has 0 N–H and O–H groups in total. The van der Waals surface area contributed by atoms with E-state index in [1.807, 2.05) is 42.5 Å². The van der Waals surface area contributed by atoms with Crippen LogP contribution in [0.2, 0.25) is 15.1 Å². The van der Waals surface area contributed by atoms with Gasteiger partial charge in [0.25, 0.3) is 5.56 Å². The van der Waals surface area contributed by atoms with Crippen molar-refractivity contribution in [1.29, 1.82) is 0 Å². The Kier molecular flexibility index (Phi) is 9.84. The topological polar surface area (TPSA) is 79.1 Å². The van der Waals surface area contributed by atoms with Crippen LogP contribution in [0.15, 0.2) is 106 Å². The van der Waals surface area contributed by atoms with Crippen LogP contribution in [0.1, 0.15) is 35.2 Å². The summed E-state index contributed by atoms with van der Waals surface area (Å²) in [6, 6.07) is 26.2. The minimum atomic E-state index is -0.826. The number of thiazole rings is 1. The second-order valence-corrected chi connectivity index (χ2v) is 12.7. The largest absolute Gasteiger partial charge is 0.493 e. The molecule has 0 spiro atoms. The third kappa shape index (κ3) is 6.73. The molecule has 0 amide bonds. The zero-order chi connectivity index (χ0) is 33.1. The predicted octanol–water partition coefficient (Wildman–Crippen LogP) is 7.48. The molecule has 0 aliphatic carbocycles. The van der Waals surface area contributed by atoms with Crippen LogP contribution in [0.25, 0.3) is 11.8 Å². The van der Waals surface area contributed by atoms with Crippen molar-refractivity contribution in [3.05, 3.63) is 154 Å². The van der Waals surface area contributed by atoms with Crippen LogP contribution in [0.3, 0.4) is 0 Å². The number of carbonyl (C=O) groups is 1. The third-order valence-corrected chi connectivity index (χ3v) is 9.28. The molecule has 4 aromatic carbocycles. The first kappa shape index (κ1) is 32.6. The van der Waals surface area contributed by atoms with Crippen molar-refractivity contribution in [1.82, 2.24) is 4.57 Å². The van der Waals surface area contributed by atoms with Gasteiger partial charge >= 0.3 is 5.97 Å². The van der Waals surface area contributed by atoms with Gasteiger partial charge in [-0.25, -0.2) is 9.79 Å². The average molecular weight is 706 g/mol. The van der Waals surface area contributed by atoms with Crippen molar-refractivity contribution in [2.45, 2.75) is 19.6 Å². The zero-order valence-electron chi connectivity index (χ0n) is 25.2. The number of para-hydroxylation sites is 1. The lowest BCUT2D eigenvalue weighted by atomic mass is 9.93. The summed E-state index contributed by atoms with van der Waals surface area (Å²) in [5, 5.41) is 1.51.